The Morgan fingerprint density at radius 1 is 1.21 bits per heavy atom. The average Bonchev–Trinajstić information content (AvgIpc) is 2.64. The molecule has 0 unspecified atom stereocenters. The van der Waals surface area contributed by atoms with Gasteiger partial charge in [0, 0.05) is 0 Å². The first-order valence-electron chi connectivity index (χ1n) is 6.27. The standard InChI is InChI=1S/C14H15NO4/c1-2-3-8-11(14(18)19)15-12(16)9-6-4-5-7-10(9)13(15)17/h4-7,11H,2-3,8H2,1H3,(H,18,19)/t11-/m0/s1. The molecule has 2 rings (SSSR count). The van der Waals surface area contributed by atoms with Crippen molar-refractivity contribution in [2.24, 2.45) is 0 Å². The molecule has 0 aliphatic carbocycles. The van der Waals surface area contributed by atoms with Crippen molar-refractivity contribution in [3.05, 3.63) is 35.4 Å². The van der Waals surface area contributed by atoms with Crippen LogP contribution in [0.25, 0.3) is 0 Å². The fourth-order valence-corrected chi connectivity index (χ4v) is 2.25. The highest BCUT2D eigenvalue weighted by atomic mass is 16.4. The largest absolute Gasteiger partial charge is 0.480 e. The maximum absolute atomic E-state index is 12.2. The third-order valence-electron chi connectivity index (χ3n) is 3.25. The van der Waals surface area contributed by atoms with Crippen molar-refractivity contribution in [2.75, 3.05) is 0 Å². The van der Waals surface area contributed by atoms with Crippen molar-refractivity contribution >= 4 is 17.8 Å². The monoisotopic (exact) mass is 261 g/mol. The van der Waals surface area contributed by atoms with E-state index in [4.69, 9.17) is 0 Å². The summed E-state index contributed by atoms with van der Waals surface area (Å²) < 4.78 is 0. The lowest BCUT2D eigenvalue weighted by atomic mass is 10.1. The highest BCUT2D eigenvalue weighted by Crippen LogP contribution is 2.26. The van der Waals surface area contributed by atoms with Crippen LogP contribution in [0.5, 0.6) is 0 Å². The van der Waals surface area contributed by atoms with Gasteiger partial charge in [-0.25, -0.2) is 4.79 Å². The molecule has 2 amide bonds. The fourth-order valence-electron chi connectivity index (χ4n) is 2.25. The molecule has 100 valence electrons. The van der Waals surface area contributed by atoms with Crippen LogP contribution in [0.1, 0.15) is 46.9 Å². The van der Waals surface area contributed by atoms with E-state index in [1.54, 1.807) is 24.3 Å². The van der Waals surface area contributed by atoms with Gasteiger partial charge in [0.2, 0.25) is 0 Å². The van der Waals surface area contributed by atoms with Gasteiger partial charge in [-0.2, -0.15) is 0 Å². The zero-order chi connectivity index (χ0) is 14.0. The number of benzene rings is 1. The van der Waals surface area contributed by atoms with Crippen LogP contribution < -0.4 is 0 Å². The fraction of sp³-hybridized carbons (Fsp3) is 0.357. The van der Waals surface area contributed by atoms with Gasteiger partial charge >= 0.3 is 5.97 Å². The number of amides is 2. The smallest absolute Gasteiger partial charge is 0.326 e. The summed E-state index contributed by atoms with van der Waals surface area (Å²) in [6, 6.07) is 5.35. The Labute approximate surface area is 110 Å². The van der Waals surface area contributed by atoms with Gasteiger partial charge in [0.1, 0.15) is 6.04 Å². The summed E-state index contributed by atoms with van der Waals surface area (Å²) in [4.78, 5) is 36.5. The SMILES string of the molecule is CCCC[C@@H](C(=O)O)N1C(=O)c2ccccc2C1=O. The number of carboxylic acids is 1. The molecular weight excluding hydrogens is 246 g/mol. The lowest BCUT2D eigenvalue weighted by Crippen LogP contribution is -2.44. The molecule has 1 heterocycles. The van der Waals surface area contributed by atoms with E-state index in [0.717, 1.165) is 11.3 Å². The van der Waals surface area contributed by atoms with E-state index >= 15 is 0 Å². The molecule has 0 spiro atoms. The molecule has 5 heteroatoms. The minimum atomic E-state index is -1.14. The number of carbonyl (C=O) groups excluding carboxylic acids is 2. The van der Waals surface area contributed by atoms with Crippen molar-refractivity contribution in [3.8, 4) is 0 Å². The Balaban J connectivity index is 2.33. The first-order valence-corrected chi connectivity index (χ1v) is 6.27. The van der Waals surface area contributed by atoms with Crippen LogP contribution in [-0.4, -0.2) is 33.8 Å². The Morgan fingerprint density at radius 3 is 2.16 bits per heavy atom. The summed E-state index contributed by atoms with van der Waals surface area (Å²) in [5.74, 6) is -2.16. The number of nitrogens with zero attached hydrogens (tertiary/aromatic N) is 1. The molecule has 0 bridgehead atoms. The number of hydrogen-bond donors (Lipinski definition) is 1. The molecular formula is C14H15NO4. The quantitative estimate of drug-likeness (QED) is 0.822. The zero-order valence-corrected chi connectivity index (χ0v) is 10.6. The first-order chi connectivity index (χ1) is 9.07. The Kier molecular flexibility index (Phi) is 3.64. The van der Waals surface area contributed by atoms with Crippen LogP contribution >= 0.6 is 0 Å². The van der Waals surface area contributed by atoms with Crippen LogP contribution in [0.2, 0.25) is 0 Å². The second-order valence-electron chi connectivity index (χ2n) is 4.52. The third kappa shape index (κ3) is 2.23. The van der Waals surface area contributed by atoms with Gasteiger partial charge in [-0.05, 0) is 18.6 Å². The predicted molar refractivity (Wildman–Crippen MR) is 67.9 cm³/mol. The molecule has 1 N–H and O–H groups in total. The van der Waals surface area contributed by atoms with Crippen molar-refractivity contribution < 1.29 is 19.5 Å². The maximum Gasteiger partial charge on any atom is 0.326 e. The van der Waals surface area contributed by atoms with Gasteiger partial charge in [0.15, 0.2) is 0 Å². The van der Waals surface area contributed by atoms with E-state index in [0.29, 0.717) is 6.42 Å². The zero-order valence-electron chi connectivity index (χ0n) is 10.6. The van der Waals surface area contributed by atoms with Crippen LogP contribution in [0.4, 0.5) is 0 Å². The molecule has 0 fully saturated rings. The third-order valence-corrected chi connectivity index (χ3v) is 3.25. The molecule has 1 aliphatic heterocycles. The van der Waals surface area contributed by atoms with Crippen LogP contribution in [0.15, 0.2) is 24.3 Å². The number of imide groups is 1. The van der Waals surface area contributed by atoms with E-state index in [9.17, 15) is 19.5 Å². The van der Waals surface area contributed by atoms with Gasteiger partial charge in [-0.1, -0.05) is 31.9 Å². The molecule has 19 heavy (non-hydrogen) atoms. The molecule has 1 atom stereocenters. The van der Waals surface area contributed by atoms with E-state index in [1.165, 1.54) is 0 Å². The average molecular weight is 261 g/mol. The molecule has 0 saturated heterocycles. The van der Waals surface area contributed by atoms with Crippen LogP contribution in [0, 0.1) is 0 Å². The lowest BCUT2D eigenvalue weighted by Gasteiger charge is -2.22. The molecule has 0 saturated carbocycles. The normalized spacial score (nSPS) is 15.5. The molecule has 1 aromatic rings. The van der Waals surface area contributed by atoms with Gasteiger partial charge in [-0.15, -0.1) is 0 Å². The molecule has 1 aromatic carbocycles. The van der Waals surface area contributed by atoms with Crippen molar-refractivity contribution in [3.63, 3.8) is 0 Å². The summed E-state index contributed by atoms with van der Waals surface area (Å²) in [6.07, 6.45) is 1.76. The molecule has 5 nitrogen and oxygen atoms in total. The van der Waals surface area contributed by atoms with Crippen molar-refractivity contribution in [1.82, 2.24) is 4.90 Å². The second kappa shape index (κ2) is 5.22. The van der Waals surface area contributed by atoms with Gasteiger partial charge in [0.25, 0.3) is 11.8 Å². The first kappa shape index (κ1) is 13.3. The van der Waals surface area contributed by atoms with E-state index in [2.05, 4.69) is 0 Å². The van der Waals surface area contributed by atoms with Crippen molar-refractivity contribution in [1.29, 1.82) is 0 Å². The Hall–Kier alpha value is -2.17. The van der Waals surface area contributed by atoms with E-state index in [1.807, 2.05) is 6.92 Å². The molecule has 0 aromatic heterocycles. The second-order valence-corrected chi connectivity index (χ2v) is 4.52. The predicted octanol–water partition coefficient (Wildman–Crippen LogP) is 1.93. The number of carbonyl (C=O) groups is 3. The summed E-state index contributed by atoms with van der Waals surface area (Å²) in [6.45, 7) is 1.93. The van der Waals surface area contributed by atoms with Gasteiger partial charge in [-0.3, -0.25) is 14.5 Å². The molecule has 0 radical (unpaired) electrons. The summed E-state index contributed by atoms with van der Waals surface area (Å²) >= 11 is 0. The molecule has 1 aliphatic rings. The topological polar surface area (TPSA) is 74.7 Å². The Morgan fingerprint density at radius 2 is 1.74 bits per heavy atom. The minimum Gasteiger partial charge on any atom is -0.480 e. The highest BCUT2D eigenvalue weighted by molar-refractivity contribution is 6.22. The number of carboxylic acid groups (broad SMARTS) is 1. The number of rotatable bonds is 5. The minimum absolute atomic E-state index is 0.287. The van der Waals surface area contributed by atoms with Crippen LogP contribution in [-0.2, 0) is 4.79 Å². The van der Waals surface area contributed by atoms with E-state index < -0.39 is 23.8 Å². The van der Waals surface area contributed by atoms with E-state index in [-0.39, 0.29) is 17.5 Å². The van der Waals surface area contributed by atoms with Crippen molar-refractivity contribution in [2.45, 2.75) is 32.2 Å². The maximum atomic E-state index is 12.2. The van der Waals surface area contributed by atoms with Gasteiger partial charge < -0.3 is 5.11 Å². The van der Waals surface area contributed by atoms with Crippen LogP contribution in [0.3, 0.4) is 0 Å². The summed E-state index contributed by atoms with van der Waals surface area (Å²) in [5.41, 5.74) is 0.575. The number of fused-ring (bicyclic) bond motifs is 1. The highest BCUT2D eigenvalue weighted by Gasteiger charge is 2.42. The Bertz CT molecular complexity index is 503. The number of hydrogen-bond acceptors (Lipinski definition) is 3. The summed E-state index contributed by atoms with van der Waals surface area (Å²) in [7, 11) is 0. The summed E-state index contributed by atoms with van der Waals surface area (Å²) in [5, 5.41) is 9.23. The lowest BCUT2D eigenvalue weighted by molar-refractivity contribution is -0.141. The number of unbranched alkanes of at least 4 members (excludes halogenated alkanes) is 1. The van der Waals surface area contributed by atoms with Gasteiger partial charge in [0.05, 0.1) is 11.1 Å². The number of aliphatic carboxylic acids is 1.